The molecule has 1 aliphatic carbocycles. The first-order valence-electron chi connectivity index (χ1n) is 9.94. The van der Waals surface area contributed by atoms with E-state index in [4.69, 9.17) is 4.42 Å². The normalized spacial score (nSPS) is 13.7. The maximum atomic E-state index is 13.2. The van der Waals surface area contributed by atoms with Crippen LogP contribution in [-0.4, -0.2) is 20.8 Å². The molecule has 5 rings (SSSR count). The van der Waals surface area contributed by atoms with Crippen molar-refractivity contribution < 1.29 is 9.34 Å². The Bertz CT molecular complexity index is 1410. The monoisotopic (exact) mass is 434 g/mol. The lowest BCUT2D eigenvalue weighted by atomic mass is 9.97. The molecule has 156 valence electrons. The highest BCUT2D eigenvalue weighted by atomic mass is 32.1. The highest BCUT2D eigenvalue weighted by Gasteiger charge is 2.21. The van der Waals surface area contributed by atoms with Gasteiger partial charge in [-0.05, 0) is 50.3 Å². The number of fused-ring (bicyclic) bond motifs is 3. The van der Waals surface area contributed by atoms with Crippen molar-refractivity contribution in [2.75, 3.05) is 0 Å². The Morgan fingerprint density at radius 3 is 2.94 bits per heavy atom. The molecule has 1 aliphatic rings. The molecular weight excluding hydrogens is 416 g/mol. The molecule has 0 spiro atoms. The number of aryl methyl sites for hydroxylation is 3. The van der Waals surface area contributed by atoms with Crippen molar-refractivity contribution in [3.63, 3.8) is 0 Å². The molecule has 0 N–H and O–H groups in total. The van der Waals surface area contributed by atoms with Crippen molar-refractivity contribution in [3.05, 3.63) is 78.9 Å². The van der Waals surface area contributed by atoms with E-state index < -0.39 is 4.92 Å². The van der Waals surface area contributed by atoms with E-state index in [1.54, 1.807) is 42.5 Å². The van der Waals surface area contributed by atoms with Gasteiger partial charge in [0.25, 0.3) is 11.2 Å². The van der Waals surface area contributed by atoms with Crippen molar-refractivity contribution in [2.45, 2.75) is 32.6 Å². The number of furan rings is 1. The summed E-state index contributed by atoms with van der Waals surface area (Å²) in [6.45, 7) is 1.76. The van der Waals surface area contributed by atoms with Crippen LogP contribution in [0.4, 0.5) is 5.69 Å². The number of rotatable bonds is 4. The van der Waals surface area contributed by atoms with Crippen LogP contribution in [0.25, 0.3) is 21.5 Å². The van der Waals surface area contributed by atoms with Gasteiger partial charge in [-0.1, -0.05) is 12.1 Å². The highest BCUT2D eigenvalue weighted by molar-refractivity contribution is 7.18. The predicted octanol–water partition coefficient (Wildman–Crippen LogP) is 4.70. The van der Waals surface area contributed by atoms with E-state index >= 15 is 0 Å². The lowest BCUT2D eigenvalue weighted by molar-refractivity contribution is -0.384. The summed E-state index contributed by atoms with van der Waals surface area (Å²) in [5, 5.41) is 16.0. The zero-order chi connectivity index (χ0) is 21.5. The molecule has 0 aliphatic heterocycles. The van der Waals surface area contributed by atoms with Gasteiger partial charge in [0.2, 0.25) is 0 Å². The minimum atomic E-state index is -0.448. The largest absolute Gasteiger partial charge is 0.455 e. The van der Waals surface area contributed by atoms with E-state index in [0.29, 0.717) is 28.3 Å². The lowest BCUT2D eigenvalue weighted by Gasteiger charge is -2.10. The van der Waals surface area contributed by atoms with Gasteiger partial charge in [-0.25, -0.2) is 4.98 Å². The van der Waals surface area contributed by atoms with Crippen LogP contribution in [0.15, 0.2) is 50.7 Å². The smallest absolute Gasteiger partial charge is 0.283 e. The van der Waals surface area contributed by atoms with E-state index in [2.05, 4.69) is 10.1 Å². The van der Waals surface area contributed by atoms with Crippen LogP contribution in [0.1, 0.15) is 34.9 Å². The van der Waals surface area contributed by atoms with E-state index in [1.807, 2.05) is 0 Å². The van der Waals surface area contributed by atoms with Crippen molar-refractivity contribution in [3.8, 4) is 11.3 Å². The Morgan fingerprint density at radius 1 is 1.26 bits per heavy atom. The van der Waals surface area contributed by atoms with Crippen molar-refractivity contribution in [2.24, 2.45) is 5.10 Å². The van der Waals surface area contributed by atoms with E-state index in [0.717, 1.165) is 36.1 Å². The Morgan fingerprint density at radius 2 is 2.10 bits per heavy atom. The number of nitrogens with zero attached hydrogens (tertiary/aromatic N) is 4. The van der Waals surface area contributed by atoms with Crippen LogP contribution in [0.3, 0.4) is 0 Å². The molecule has 0 unspecified atom stereocenters. The van der Waals surface area contributed by atoms with Gasteiger partial charge in [0, 0.05) is 22.6 Å². The summed E-state index contributed by atoms with van der Waals surface area (Å²) in [7, 11) is 0. The average molecular weight is 434 g/mol. The Hall–Kier alpha value is -3.59. The van der Waals surface area contributed by atoms with Gasteiger partial charge >= 0.3 is 0 Å². The van der Waals surface area contributed by atoms with Crippen LogP contribution >= 0.6 is 11.3 Å². The molecule has 0 radical (unpaired) electrons. The first-order chi connectivity index (χ1) is 15.0. The first-order valence-corrected chi connectivity index (χ1v) is 10.8. The number of thiophene rings is 1. The number of nitro groups is 1. The third-order valence-corrected chi connectivity index (χ3v) is 6.58. The second-order valence-electron chi connectivity index (χ2n) is 7.42. The number of benzene rings is 1. The predicted molar refractivity (Wildman–Crippen MR) is 119 cm³/mol. The van der Waals surface area contributed by atoms with Gasteiger partial charge in [-0.2, -0.15) is 9.78 Å². The Kier molecular flexibility index (Phi) is 4.74. The summed E-state index contributed by atoms with van der Waals surface area (Å²) in [6, 6.07) is 9.64. The van der Waals surface area contributed by atoms with Gasteiger partial charge in [-0.3, -0.25) is 14.9 Å². The zero-order valence-corrected chi connectivity index (χ0v) is 17.5. The summed E-state index contributed by atoms with van der Waals surface area (Å²) in [5.74, 6) is 1.42. The SMILES string of the molecule is Cc1nc2sc3c(c2c(=O)n1/N=C\c1ccc(-c2cccc([N+](=O)[O-])c2)o1)CCCC3. The summed E-state index contributed by atoms with van der Waals surface area (Å²) in [6.07, 6.45) is 5.61. The topological polar surface area (TPSA) is 104 Å². The maximum absolute atomic E-state index is 13.2. The third-order valence-electron chi connectivity index (χ3n) is 5.40. The van der Waals surface area contributed by atoms with Crippen LogP contribution in [0, 0.1) is 17.0 Å². The molecular formula is C22H18N4O4S. The average Bonchev–Trinajstić information content (AvgIpc) is 3.38. The minimum Gasteiger partial charge on any atom is -0.455 e. The molecule has 3 aromatic heterocycles. The van der Waals surface area contributed by atoms with Crippen molar-refractivity contribution >= 4 is 33.5 Å². The minimum absolute atomic E-state index is 0.00948. The number of non-ortho nitro benzene ring substituents is 1. The van der Waals surface area contributed by atoms with Gasteiger partial charge in [0.1, 0.15) is 22.2 Å². The fourth-order valence-corrected chi connectivity index (χ4v) is 5.20. The Balaban J connectivity index is 1.49. The van der Waals surface area contributed by atoms with Crippen molar-refractivity contribution in [1.29, 1.82) is 0 Å². The molecule has 0 bridgehead atoms. The van der Waals surface area contributed by atoms with Crippen LogP contribution in [0.5, 0.6) is 0 Å². The molecule has 0 saturated heterocycles. The standard InChI is InChI=1S/C22H18N4O4S/c1-13-24-21-20(17-7-2-3-8-19(17)31-21)22(27)25(13)23-12-16-9-10-18(30-16)14-5-4-6-15(11-14)26(28)29/h4-6,9-12H,2-3,7-8H2,1H3/b23-12-. The molecule has 0 amide bonds. The number of hydrogen-bond acceptors (Lipinski definition) is 7. The number of aromatic nitrogens is 2. The van der Waals surface area contributed by atoms with Crippen LogP contribution in [-0.2, 0) is 12.8 Å². The van der Waals surface area contributed by atoms with Gasteiger partial charge in [0.15, 0.2) is 0 Å². The van der Waals surface area contributed by atoms with E-state index in [9.17, 15) is 14.9 Å². The summed E-state index contributed by atoms with van der Waals surface area (Å²) in [4.78, 5) is 30.4. The molecule has 0 atom stereocenters. The van der Waals surface area contributed by atoms with Crippen LogP contribution < -0.4 is 5.56 Å². The highest BCUT2D eigenvalue weighted by Crippen LogP contribution is 2.33. The zero-order valence-electron chi connectivity index (χ0n) is 16.7. The fourth-order valence-electron chi connectivity index (χ4n) is 3.90. The van der Waals surface area contributed by atoms with Gasteiger partial charge < -0.3 is 4.42 Å². The molecule has 31 heavy (non-hydrogen) atoms. The lowest BCUT2D eigenvalue weighted by Crippen LogP contribution is -2.21. The molecule has 3 heterocycles. The second kappa shape index (κ2) is 7.59. The summed E-state index contributed by atoms with van der Waals surface area (Å²) >= 11 is 1.61. The maximum Gasteiger partial charge on any atom is 0.283 e. The Labute approximate surface area is 180 Å². The fraction of sp³-hybridized carbons (Fsp3) is 0.227. The number of hydrogen-bond donors (Lipinski definition) is 0. The molecule has 8 nitrogen and oxygen atoms in total. The van der Waals surface area contributed by atoms with Gasteiger partial charge in [0.05, 0.1) is 16.5 Å². The molecule has 0 fully saturated rings. The summed E-state index contributed by atoms with van der Waals surface area (Å²) < 4.78 is 7.07. The quantitative estimate of drug-likeness (QED) is 0.263. The molecule has 9 heteroatoms. The van der Waals surface area contributed by atoms with Gasteiger partial charge in [-0.15, -0.1) is 11.3 Å². The third kappa shape index (κ3) is 3.46. The molecule has 4 aromatic rings. The molecule has 0 saturated carbocycles. The first kappa shape index (κ1) is 19.4. The van der Waals surface area contributed by atoms with E-state index in [-0.39, 0.29) is 11.2 Å². The van der Waals surface area contributed by atoms with Crippen LogP contribution in [0.2, 0.25) is 0 Å². The number of nitro benzene ring substituents is 1. The summed E-state index contributed by atoms with van der Waals surface area (Å²) in [5.41, 5.74) is 1.54. The van der Waals surface area contributed by atoms with Crippen molar-refractivity contribution in [1.82, 2.24) is 9.66 Å². The second-order valence-corrected chi connectivity index (χ2v) is 8.50. The molecule has 1 aromatic carbocycles. The van der Waals surface area contributed by atoms with E-state index in [1.165, 1.54) is 27.9 Å².